The molecule has 0 amide bonds. The lowest BCUT2D eigenvalue weighted by atomic mass is 9.95. The molecule has 0 atom stereocenters. The average molecular weight is 316 g/mol. The van der Waals surface area contributed by atoms with Crippen molar-refractivity contribution in [2.45, 2.75) is 0 Å². The van der Waals surface area contributed by atoms with Crippen LogP contribution in [0.1, 0.15) is 16.7 Å². The zero-order valence-corrected chi connectivity index (χ0v) is 13.9. The summed E-state index contributed by atoms with van der Waals surface area (Å²) < 4.78 is 10.5. The van der Waals surface area contributed by atoms with Crippen LogP contribution in [-0.4, -0.2) is 14.2 Å². The Bertz CT molecular complexity index is 801. The second-order valence-corrected chi connectivity index (χ2v) is 5.43. The Hall–Kier alpha value is -3.00. The fraction of sp³-hybridized carbons (Fsp3) is 0.0909. The predicted molar refractivity (Wildman–Crippen MR) is 99.4 cm³/mol. The molecule has 2 nitrogen and oxygen atoms in total. The van der Waals surface area contributed by atoms with Gasteiger partial charge in [-0.25, -0.2) is 0 Å². The first-order valence-electron chi connectivity index (χ1n) is 7.86. The van der Waals surface area contributed by atoms with Crippen LogP contribution in [0.2, 0.25) is 0 Å². The Morgan fingerprint density at radius 3 is 1.67 bits per heavy atom. The molecule has 0 bridgehead atoms. The zero-order valence-electron chi connectivity index (χ0n) is 13.9. The molecule has 120 valence electrons. The summed E-state index contributed by atoms with van der Waals surface area (Å²) in [7, 11) is 3.36. The van der Waals surface area contributed by atoms with Gasteiger partial charge >= 0.3 is 0 Å². The summed E-state index contributed by atoms with van der Waals surface area (Å²) >= 11 is 0. The highest BCUT2D eigenvalue weighted by Gasteiger charge is 2.06. The molecule has 0 fully saturated rings. The topological polar surface area (TPSA) is 18.5 Å². The molecule has 0 N–H and O–H groups in total. The number of ether oxygens (including phenoxy) is 2. The quantitative estimate of drug-likeness (QED) is 0.595. The van der Waals surface area contributed by atoms with Crippen LogP contribution in [0.25, 0.3) is 11.6 Å². The minimum absolute atomic E-state index is 0.857. The molecule has 2 heteroatoms. The summed E-state index contributed by atoms with van der Waals surface area (Å²) in [6.45, 7) is 0. The number of benzene rings is 3. The van der Waals surface area contributed by atoms with E-state index in [9.17, 15) is 0 Å². The summed E-state index contributed by atoms with van der Waals surface area (Å²) in [5.74, 6) is 1.72. The second-order valence-electron chi connectivity index (χ2n) is 5.43. The van der Waals surface area contributed by atoms with Crippen molar-refractivity contribution in [3.05, 3.63) is 95.6 Å². The van der Waals surface area contributed by atoms with Gasteiger partial charge in [0.05, 0.1) is 14.2 Å². The molecule has 0 aliphatic heterocycles. The molecular weight excluding hydrogens is 296 g/mol. The van der Waals surface area contributed by atoms with Gasteiger partial charge in [-0.05, 0) is 52.6 Å². The largest absolute Gasteiger partial charge is 0.497 e. The van der Waals surface area contributed by atoms with Gasteiger partial charge in [-0.3, -0.25) is 0 Å². The predicted octanol–water partition coefficient (Wildman–Crippen LogP) is 5.29. The Morgan fingerprint density at radius 2 is 1.12 bits per heavy atom. The SMILES string of the molecule is COc1ccc(/C=C(\c2ccccc2)c2ccc(OC)cc2)cc1. The van der Waals surface area contributed by atoms with Crippen LogP contribution in [0.5, 0.6) is 11.5 Å². The molecule has 24 heavy (non-hydrogen) atoms. The fourth-order valence-electron chi connectivity index (χ4n) is 2.59. The van der Waals surface area contributed by atoms with E-state index in [1.165, 1.54) is 11.1 Å². The minimum Gasteiger partial charge on any atom is -0.497 e. The van der Waals surface area contributed by atoms with Crippen molar-refractivity contribution in [3.63, 3.8) is 0 Å². The van der Waals surface area contributed by atoms with E-state index >= 15 is 0 Å². The smallest absolute Gasteiger partial charge is 0.118 e. The van der Waals surface area contributed by atoms with E-state index in [1.807, 2.05) is 30.3 Å². The van der Waals surface area contributed by atoms with Crippen molar-refractivity contribution in [2.24, 2.45) is 0 Å². The first-order valence-corrected chi connectivity index (χ1v) is 7.86. The molecule has 0 aromatic heterocycles. The number of hydrogen-bond acceptors (Lipinski definition) is 2. The first kappa shape index (κ1) is 15.9. The standard InChI is InChI=1S/C22H20O2/c1-23-20-12-8-17(9-13-20)16-22(18-6-4-3-5-7-18)19-10-14-21(24-2)15-11-19/h3-16H,1-2H3/b22-16+. The van der Waals surface area contributed by atoms with Gasteiger partial charge in [-0.15, -0.1) is 0 Å². The first-order chi connectivity index (χ1) is 11.8. The van der Waals surface area contributed by atoms with Gasteiger partial charge in [-0.2, -0.15) is 0 Å². The van der Waals surface area contributed by atoms with Crippen LogP contribution in [0, 0.1) is 0 Å². The normalized spacial score (nSPS) is 11.2. The van der Waals surface area contributed by atoms with Crippen LogP contribution in [-0.2, 0) is 0 Å². The lowest BCUT2D eigenvalue weighted by Crippen LogP contribution is -1.90. The summed E-state index contributed by atoms with van der Waals surface area (Å²) in [6, 6.07) is 26.6. The molecule has 0 saturated heterocycles. The summed E-state index contributed by atoms with van der Waals surface area (Å²) in [4.78, 5) is 0. The minimum atomic E-state index is 0.857. The van der Waals surface area contributed by atoms with Crippen molar-refractivity contribution < 1.29 is 9.47 Å². The third-order valence-electron chi connectivity index (χ3n) is 3.91. The maximum Gasteiger partial charge on any atom is 0.118 e. The average Bonchev–Trinajstić information content (AvgIpc) is 2.67. The third kappa shape index (κ3) is 3.66. The summed E-state index contributed by atoms with van der Waals surface area (Å²) in [6.07, 6.45) is 2.19. The molecule has 0 radical (unpaired) electrons. The highest BCUT2D eigenvalue weighted by atomic mass is 16.5. The van der Waals surface area contributed by atoms with Gasteiger partial charge in [0.15, 0.2) is 0 Å². The van der Waals surface area contributed by atoms with E-state index < -0.39 is 0 Å². The molecule has 3 aromatic carbocycles. The van der Waals surface area contributed by atoms with Crippen LogP contribution < -0.4 is 9.47 Å². The van der Waals surface area contributed by atoms with E-state index in [1.54, 1.807) is 14.2 Å². The Morgan fingerprint density at radius 1 is 0.625 bits per heavy atom. The Kier molecular flexibility index (Phi) is 4.97. The number of methoxy groups -OCH3 is 2. The molecular formula is C22H20O2. The monoisotopic (exact) mass is 316 g/mol. The Labute approximate surface area is 143 Å². The van der Waals surface area contributed by atoms with Crippen molar-refractivity contribution in [3.8, 4) is 11.5 Å². The van der Waals surface area contributed by atoms with Crippen LogP contribution >= 0.6 is 0 Å². The van der Waals surface area contributed by atoms with E-state index in [0.717, 1.165) is 22.6 Å². The van der Waals surface area contributed by atoms with E-state index in [-0.39, 0.29) is 0 Å². The van der Waals surface area contributed by atoms with Gasteiger partial charge < -0.3 is 9.47 Å². The molecule has 0 spiro atoms. The number of rotatable bonds is 5. The lowest BCUT2D eigenvalue weighted by Gasteiger charge is -2.10. The molecule has 0 saturated carbocycles. The Balaban J connectivity index is 2.05. The van der Waals surface area contributed by atoms with E-state index in [4.69, 9.17) is 9.47 Å². The van der Waals surface area contributed by atoms with Gasteiger partial charge in [0.1, 0.15) is 11.5 Å². The fourth-order valence-corrected chi connectivity index (χ4v) is 2.59. The summed E-state index contributed by atoms with van der Waals surface area (Å²) in [5, 5.41) is 0. The number of hydrogen-bond donors (Lipinski definition) is 0. The van der Waals surface area contributed by atoms with Gasteiger partial charge in [0.2, 0.25) is 0 Å². The van der Waals surface area contributed by atoms with Crippen LogP contribution in [0.4, 0.5) is 0 Å². The maximum absolute atomic E-state index is 5.27. The van der Waals surface area contributed by atoms with Crippen molar-refractivity contribution >= 4 is 11.6 Å². The van der Waals surface area contributed by atoms with Gasteiger partial charge in [0.25, 0.3) is 0 Å². The molecule has 0 aliphatic rings. The molecule has 3 aromatic rings. The molecule has 0 aliphatic carbocycles. The lowest BCUT2D eigenvalue weighted by molar-refractivity contribution is 0.414. The van der Waals surface area contributed by atoms with E-state index in [0.29, 0.717) is 0 Å². The maximum atomic E-state index is 5.27. The molecule has 0 unspecified atom stereocenters. The molecule has 0 heterocycles. The highest BCUT2D eigenvalue weighted by Crippen LogP contribution is 2.28. The zero-order chi connectivity index (χ0) is 16.8. The van der Waals surface area contributed by atoms with Crippen molar-refractivity contribution in [1.29, 1.82) is 0 Å². The third-order valence-corrected chi connectivity index (χ3v) is 3.91. The van der Waals surface area contributed by atoms with E-state index in [2.05, 4.69) is 54.6 Å². The van der Waals surface area contributed by atoms with Gasteiger partial charge in [0, 0.05) is 0 Å². The molecule has 3 rings (SSSR count). The van der Waals surface area contributed by atoms with Crippen LogP contribution in [0.15, 0.2) is 78.9 Å². The highest BCUT2D eigenvalue weighted by molar-refractivity contribution is 5.91. The van der Waals surface area contributed by atoms with Gasteiger partial charge in [-0.1, -0.05) is 54.6 Å². The summed E-state index contributed by atoms with van der Waals surface area (Å²) in [5.41, 5.74) is 4.63. The van der Waals surface area contributed by atoms with Crippen molar-refractivity contribution in [1.82, 2.24) is 0 Å². The second kappa shape index (κ2) is 7.51. The van der Waals surface area contributed by atoms with Crippen molar-refractivity contribution in [2.75, 3.05) is 14.2 Å². The van der Waals surface area contributed by atoms with Crippen LogP contribution in [0.3, 0.4) is 0 Å².